The number of nitrogens with one attached hydrogen (secondary N) is 1. The van der Waals surface area contributed by atoms with Gasteiger partial charge in [0.2, 0.25) is 5.91 Å². The third-order valence-corrected chi connectivity index (χ3v) is 5.87. The normalized spacial score (nSPS) is 18.7. The molecule has 0 spiro atoms. The zero-order valence-corrected chi connectivity index (χ0v) is 15.0. The lowest BCUT2D eigenvalue weighted by atomic mass is 10.1. The lowest BCUT2D eigenvalue weighted by molar-refractivity contribution is -0.124. The predicted octanol–water partition coefficient (Wildman–Crippen LogP) is 2.15. The molecule has 1 amide bonds. The Balaban J connectivity index is 1.53. The van der Waals surface area contributed by atoms with Crippen LogP contribution in [0.15, 0.2) is 59.7 Å². The number of amides is 1. The van der Waals surface area contributed by atoms with Crippen molar-refractivity contribution in [2.45, 2.75) is 13.0 Å². The summed E-state index contributed by atoms with van der Waals surface area (Å²) in [6, 6.07) is 17.2. The van der Waals surface area contributed by atoms with Gasteiger partial charge in [0, 0.05) is 0 Å². The van der Waals surface area contributed by atoms with Crippen molar-refractivity contribution in [1.82, 2.24) is 5.43 Å². The third kappa shape index (κ3) is 5.16. The lowest BCUT2D eigenvalue weighted by Gasteiger charge is -2.07. The monoisotopic (exact) mass is 372 g/mol. The zero-order valence-electron chi connectivity index (χ0n) is 14.2. The number of hydrazone groups is 1. The van der Waals surface area contributed by atoms with Crippen molar-refractivity contribution >= 4 is 22.0 Å². The van der Waals surface area contributed by atoms with Crippen LogP contribution >= 0.6 is 0 Å². The molecule has 7 heteroatoms. The van der Waals surface area contributed by atoms with Gasteiger partial charge in [0.05, 0.1) is 23.6 Å². The highest BCUT2D eigenvalue weighted by molar-refractivity contribution is 7.91. The van der Waals surface area contributed by atoms with Crippen LogP contribution in [-0.4, -0.2) is 32.0 Å². The summed E-state index contributed by atoms with van der Waals surface area (Å²) in [4.78, 5) is 11.9. The lowest BCUT2D eigenvalue weighted by Crippen LogP contribution is -2.27. The Morgan fingerprint density at radius 1 is 1.19 bits per heavy atom. The smallest absolute Gasteiger partial charge is 0.244 e. The van der Waals surface area contributed by atoms with E-state index in [4.69, 9.17) is 4.74 Å². The molecule has 3 rings (SSSR count). The molecule has 0 aromatic heterocycles. The summed E-state index contributed by atoms with van der Waals surface area (Å²) in [7, 11) is -3.08. The molecule has 136 valence electrons. The van der Waals surface area contributed by atoms with Crippen LogP contribution in [0.5, 0.6) is 5.75 Å². The minimum Gasteiger partial charge on any atom is -0.489 e. The molecule has 26 heavy (non-hydrogen) atoms. The van der Waals surface area contributed by atoms with Gasteiger partial charge >= 0.3 is 0 Å². The standard InChI is InChI=1S/C19H20N2O4S/c22-19(17-9-10-26(23,24)14-17)21-20-12-16-7-4-8-18(11-16)25-13-15-5-2-1-3-6-15/h1-8,11-12,17H,9-10,13-14H2,(H,21,22)/b20-12-/t17-/m0/s1. The van der Waals surface area contributed by atoms with Crippen LogP contribution in [0, 0.1) is 5.92 Å². The van der Waals surface area contributed by atoms with Crippen molar-refractivity contribution < 1.29 is 17.9 Å². The fourth-order valence-electron chi connectivity index (χ4n) is 2.69. The van der Waals surface area contributed by atoms with Gasteiger partial charge in [0.1, 0.15) is 12.4 Å². The highest BCUT2D eigenvalue weighted by atomic mass is 32.2. The predicted molar refractivity (Wildman–Crippen MR) is 99.7 cm³/mol. The zero-order chi connectivity index (χ0) is 18.4. The molecule has 0 unspecified atom stereocenters. The Morgan fingerprint density at radius 2 is 2.00 bits per heavy atom. The van der Waals surface area contributed by atoms with Crippen LogP contribution in [0.3, 0.4) is 0 Å². The van der Waals surface area contributed by atoms with Gasteiger partial charge in [-0.05, 0) is 29.7 Å². The van der Waals surface area contributed by atoms with Crippen LogP contribution in [0.25, 0.3) is 0 Å². The molecule has 1 aliphatic rings. The molecule has 0 aliphatic carbocycles. The van der Waals surface area contributed by atoms with Gasteiger partial charge in [-0.3, -0.25) is 4.79 Å². The number of nitrogens with zero attached hydrogens (tertiary/aromatic N) is 1. The van der Waals surface area contributed by atoms with Crippen molar-refractivity contribution in [3.05, 3.63) is 65.7 Å². The van der Waals surface area contributed by atoms with Gasteiger partial charge in [-0.25, -0.2) is 13.8 Å². The largest absolute Gasteiger partial charge is 0.489 e. The number of carbonyl (C=O) groups is 1. The van der Waals surface area contributed by atoms with E-state index in [9.17, 15) is 13.2 Å². The molecule has 1 N–H and O–H groups in total. The number of hydrogen-bond donors (Lipinski definition) is 1. The Morgan fingerprint density at radius 3 is 2.73 bits per heavy atom. The maximum atomic E-state index is 11.9. The first-order valence-electron chi connectivity index (χ1n) is 8.32. The first-order valence-corrected chi connectivity index (χ1v) is 10.1. The Bertz CT molecular complexity index is 895. The molecule has 2 aromatic rings. The molecule has 1 aliphatic heterocycles. The summed E-state index contributed by atoms with van der Waals surface area (Å²) in [5, 5.41) is 3.92. The summed E-state index contributed by atoms with van der Waals surface area (Å²) >= 11 is 0. The Kier molecular flexibility index (Phi) is 5.68. The van der Waals surface area contributed by atoms with E-state index < -0.39 is 15.8 Å². The van der Waals surface area contributed by atoms with E-state index in [2.05, 4.69) is 10.5 Å². The number of carbonyl (C=O) groups excluding carboxylic acids is 1. The molecule has 0 bridgehead atoms. The second kappa shape index (κ2) is 8.14. The topological polar surface area (TPSA) is 84.8 Å². The van der Waals surface area contributed by atoms with Gasteiger partial charge in [0.25, 0.3) is 0 Å². The number of ether oxygens (including phenoxy) is 1. The van der Waals surface area contributed by atoms with E-state index in [-0.39, 0.29) is 17.4 Å². The summed E-state index contributed by atoms with van der Waals surface area (Å²) in [5.41, 5.74) is 4.26. The average molecular weight is 372 g/mol. The quantitative estimate of drug-likeness (QED) is 0.622. The summed E-state index contributed by atoms with van der Waals surface area (Å²) < 4.78 is 28.6. The van der Waals surface area contributed by atoms with E-state index in [1.165, 1.54) is 6.21 Å². The molecule has 2 aromatic carbocycles. The van der Waals surface area contributed by atoms with Crippen molar-refractivity contribution in [3.8, 4) is 5.75 Å². The highest BCUT2D eigenvalue weighted by Crippen LogP contribution is 2.18. The van der Waals surface area contributed by atoms with E-state index in [1.807, 2.05) is 54.6 Å². The average Bonchev–Trinajstić information content (AvgIpc) is 3.01. The van der Waals surface area contributed by atoms with E-state index in [0.717, 1.165) is 11.1 Å². The summed E-state index contributed by atoms with van der Waals surface area (Å²) in [5.74, 6) is -0.213. The van der Waals surface area contributed by atoms with Crippen molar-refractivity contribution in [2.75, 3.05) is 11.5 Å². The Hall–Kier alpha value is -2.67. The number of hydrogen-bond acceptors (Lipinski definition) is 5. The fraction of sp³-hybridized carbons (Fsp3) is 0.263. The van der Waals surface area contributed by atoms with Crippen molar-refractivity contribution in [3.63, 3.8) is 0 Å². The summed E-state index contributed by atoms with van der Waals surface area (Å²) in [6.45, 7) is 0.467. The van der Waals surface area contributed by atoms with Crippen LogP contribution in [0.2, 0.25) is 0 Å². The molecule has 1 atom stereocenters. The fourth-order valence-corrected chi connectivity index (χ4v) is 4.43. The highest BCUT2D eigenvalue weighted by Gasteiger charge is 2.32. The second-order valence-electron chi connectivity index (χ2n) is 6.18. The minimum absolute atomic E-state index is 0.0651. The maximum absolute atomic E-state index is 11.9. The van der Waals surface area contributed by atoms with Gasteiger partial charge in [-0.1, -0.05) is 42.5 Å². The van der Waals surface area contributed by atoms with Crippen LogP contribution in [-0.2, 0) is 21.2 Å². The van der Waals surface area contributed by atoms with E-state index >= 15 is 0 Å². The second-order valence-corrected chi connectivity index (χ2v) is 8.41. The molecular formula is C19H20N2O4S. The van der Waals surface area contributed by atoms with Crippen LogP contribution in [0.1, 0.15) is 17.5 Å². The van der Waals surface area contributed by atoms with Gasteiger partial charge in [-0.2, -0.15) is 5.10 Å². The van der Waals surface area contributed by atoms with Crippen LogP contribution in [0.4, 0.5) is 0 Å². The summed E-state index contributed by atoms with van der Waals surface area (Å²) in [6.07, 6.45) is 1.86. The molecule has 1 heterocycles. The molecular weight excluding hydrogens is 352 g/mol. The van der Waals surface area contributed by atoms with Crippen LogP contribution < -0.4 is 10.2 Å². The molecule has 0 radical (unpaired) electrons. The third-order valence-electron chi connectivity index (χ3n) is 4.10. The van der Waals surface area contributed by atoms with Gasteiger partial charge in [0.15, 0.2) is 9.84 Å². The number of sulfone groups is 1. The first kappa shape index (κ1) is 18.1. The number of rotatable bonds is 6. The van der Waals surface area contributed by atoms with Gasteiger partial charge in [-0.15, -0.1) is 0 Å². The molecule has 1 fully saturated rings. The van der Waals surface area contributed by atoms with E-state index in [1.54, 1.807) is 0 Å². The minimum atomic E-state index is -3.08. The molecule has 1 saturated heterocycles. The van der Waals surface area contributed by atoms with E-state index in [0.29, 0.717) is 18.8 Å². The maximum Gasteiger partial charge on any atom is 0.244 e. The first-order chi connectivity index (χ1) is 12.5. The Labute approximate surface area is 152 Å². The SMILES string of the molecule is O=C(N/N=C\c1cccc(OCc2ccccc2)c1)[C@H]1CCS(=O)(=O)C1. The van der Waals surface area contributed by atoms with Crippen molar-refractivity contribution in [2.24, 2.45) is 11.0 Å². The van der Waals surface area contributed by atoms with Gasteiger partial charge < -0.3 is 4.74 Å². The molecule has 0 saturated carbocycles. The number of benzene rings is 2. The molecule has 6 nitrogen and oxygen atoms in total. The van der Waals surface area contributed by atoms with Crippen molar-refractivity contribution in [1.29, 1.82) is 0 Å².